The van der Waals surface area contributed by atoms with E-state index in [4.69, 9.17) is 11.6 Å². The molecule has 6 heteroatoms. The fraction of sp³-hybridized carbons (Fsp3) is 0.111. The van der Waals surface area contributed by atoms with Gasteiger partial charge in [-0.3, -0.25) is 0 Å². The average molecular weight is 343 g/mol. The van der Waals surface area contributed by atoms with Crippen LogP contribution in [0, 0.1) is 12.7 Å². The number of rotatable bonds is 5. The third-order valence-electron chi connectivity index (χ3n) is 3.58. The minimum Gasteiger partial charge on any atom is -0.366 e. The molecule has 2 aromatic carbocycles. The second-order valence-electron chi connectivity index (χ2n) is 5.32. The Morgan fingerprint density at radius 2 is 1.83 bits per heavy atom. The molecule has 3 aromatic rings. The van der Waals surface area contributed by atoms with Gasteiger partial charge in [-0.2, -0.15) is 0 Å². The molecule has 122 valence electrons. The van der Waals surface area contributed by atoms with Crippen molar-refractivity contribution in [1.82, 2.24) is 9.97 Å². The number of hydrogen-bond acceptors (Lipinski definition) is 4. The van der Waals surface area contributed by atoms with Gasteiger partial charge in [-0.25, -0.2) is 14.4 Å². The molecule has 0 atom stereocenters. The molecule has 1 heterocycles. The minimum atomic E-state index is -0.453. The van der Waals surface area contributed by atoms with Crippen molar-refractivity contribution >= 4 is 28.9 Å². The molecule has 24 heavy (non-hydrogen) atoms. The first-order chi connectivity index (χ1) is 11.6. The fourth-order valence-corrected chi connectivity index (χ4v) is 2.42. The van der Waals surface area contributed by atoms with Crippen LogP contribution < -0.4 is 10.6 Å². The first-order valence-corrected chi connectivity index (χ1v) is 7.82. The van der Waals surface area contributed by atoms with E-state index in [9.17, 15) is 4.39 Å². The number of aromatic nitrogens is 2. The van der Waals surface area contributed by atoms with Gasteiger partial charge in [0.2, 0.25) is 0 Å². The summed E-state index contributed by atoms with van der Waals surface area (Å²) < 4.78 is 13.2. The largest absolute Gasteiger partial charge is 0.366 e. The van der Waals surface area contributed by atoms with Gasteiger partial charge in [0.25, 0.3) is 0 Å². The van der Waals surface area contributed by atoms with Crippen molar-refractivity contribution in [1.29, 1.82) is 0 Å². The Morgan fingerprint density at radius 1 is 1.04 bits per heavy atom. The highest BCUT2D eigenvalue weighted by Gasteiger charge is 2.04. The Labute approximate surface area is 144 Å². The standard InChI is InChI=1S/C18H16ClFN4/c1-12-4-2-3-5-13(12)10-21-17-9-18(23-11-22-17)24-14-6-7-16(20)15(19)8-14/h2-9,11H,10H2,1H3,(H2,21,22,23,24). The molecule has 0 fully saturated rings. The maximum Gasteiger partial charge on any atom is 0.141 e. The number of halogens is 2. The molecule has 1 aromatic heterocycles. The van der Waals surface area contributed by atoms with Gasteiger partial charge < -0.3 is 10.6 Å². The van der Waals surface area contributed by atoms with Gasteiger partial charge in [0.15, 0.2) is 0 Å². The molecule has 0 spiro atoms. The van der Waals surface area contributed by atoms with Crippen LogP contribution in [0.5, 0.6) is 0 Å². The number of anilines is 3. The lowest BCUT2D eigenvalue weighted by molar-refractivity contribution is 0.628. The first kappa shape index (κ1) is 16.2. The second kappa shape index (κ2) is 7.27. The van der Waals surface area contributed by atoms with Crippen LogP contribution in [0.15, 0.2) is 54.9 Å². The van der Waals surface area contributed by atoms with Crippen LogP contribution in [-0.4, -0.2) is 9.97 Å². The highest BCUT2D eigenvalue weighted by atomic mass is 35.5. The van der Waals surface area contributed by atoms with Gasteiger partial charge in [-0.05, 0) is 36.2 Å². The fourth-order valence-electron chi connectivity index (χ4n) is 2.24. The Hall–Kier alpha value is -2.66. The van der Waals surface area contributed by atoms with Crippen LogP contribution in [0.25, 0.3) is 0 Å². The third kappa shape index (κ3) is 4.00. The molecular weight excluding hydrogens is 327 g/mol. The summed E-state index contributed by atoms with van der Waals surface area (Å²) in [6.45, 7) is 2.74. The minimum absolute atomic E-state index is 0.0620. The zero-order chi connectivity index (χ0) is 16.9. The third-order valence-corrected chi connectivity index (χ3v) is 3.87. The molecule has 0 saturated heterocycles. The normalized spacial score (nSPS) is 10.5. The number of nitrogens with one attached hydrogen (secondary N) is 2. The van der Waals surface area contributed by atoms with Crippen molar-refractivity contribution in [2.75, 3.05) is 10.6 Å². The van der Waals surface area contributed by atoms with Gasteiger partial charge in [-0.1, -0.05) is 35.9 Å². The molecule has 0 aliphatic heterocycles. The van der Waals surface area contributed by atoms with Gasteiger partial charge >= 0.3 is 0 Å². The van der Waals surface area contributed by atoms with Crippen molar-refractivity contribution in [2.24, 2.45) is 0 Å². The predicted molar refractivity (Wildman–Crippen MR) is 95.2 cm³/mol. The number of nitrogens with zero attached hydrogens (tertiary/aromatic N) is 2. The van der Waals surface area contributed by atoms with E-state index in [-0.39, 0.29) is 5.02 Å². The topological polar surface area (TPSA) is 49.8 Å². The lowest BCUT2D eigenvalue weighted by Crippen LogP contribution is -2.04. The van der Waals surface area contributed by atoms with Gasteiger partial charge in [0.1, 0.15) is 23.8 Å². The van der Waals surface area contributed by atoms with E-state index in [1.165, 1.54) is 29.6 Å². The van der Waals surface area contributed by atoms with E-state index in [2.05, 4.69) is 39.7 Å². The van der Waals surface area contributed by atoms with Gasteiger partial charge in [0, 0.05) is 18.3 Å². The number of hydrogen-bond donors (Lipinski definition) is 2. The Bertz CT molecular complexity index is 854. The van der Waals surface area contributed by atoms with Gasteiger partial charge in [0.05, 0.1) is 5.02 Å². The molecule has 0 saturated carbocycles. The van der Waals surface area contributed by atoms with E-state index < -0.39 is 5.82 Å². The molecule has 0 unspecified atom stereocenters. The molecule has 3 rings (SSSR count). The molecule has 0 amide bonds. The lowest BCUT2D eigenvalue weighted by Gasteiger charge is -2.10. The maximum absolute atomic E-state index is 13.2. The van der Waals surface area contributed by atoms with E-state index in [1.54, 1.807) is 12.1 Å². The summed E-state index contributed by atoms with van der Waals surface area (Å²) in [6.07, 6.45) is 1.47. The molecule has 0 bridgehead atoms. The number of benzene rings is 2. The summed E-state index contributed by atoms with van der Waals surface area (Å²) in [7, 11) is 0. The van der Waals surface area contributed by atoms with Gasteiger partial charge in [-0.15, -0.1) is 0 Å². The summed E-state index contributed by atoms with van der Waals surface area (Å²) in [5, 5.41) is 6.41. The van der Waals surface area contributed by atoms with E-state index in [0.717, 1.165) is 0 Å². The van der Waals surface area contributed by atoms with Crippen LogP contribution in [-0.2, 0) is 6.54 Å². The molecule has 0 radical (unpaired) electrons. The molecule has 2 N–H and O–H groups in total. The van der Waals surface area contributed by atoms with Crippen molar-refractivity contribution < 1.29 is 4.39 Å². The zero-order valence-electron chi connectivity index (χ0n) is 13.1. The Kier molecular flexibility index (Phi) is 4.91. The highest BCUT2D eigenvalue weighted by Crippen LogP contribution is 2.22. The van der Waals surface area contributed by atoms with Crippen molar-refractivity contribution in [3.63, 3.8) is 0 Å². The SMILES string of the molecule is Cc1ccccc1CNc1cc(Nc2ccc(F)c(Cl)c2)ncn1. The first-order valence-electron chi connectivity index (χ1n) is 7.44. The van der Waals surface area contributed by atoms with Crippen molar-refractivity contribution in [3.8, 4) is 0 Å². The van der Waals surface area contributed by atoms with Crippen molar-refractivity contribution in [2.45, 2.75) is 13.5 Å². The maximum atomic E-state index is 13.2. The van der Waals surface area contributed by atoms with Crippen LogP contribution in [0.1, 0.15) is 11.1 Å². The zero-order valence-corrected chi connectivity index (χ0v) is 13.8. The summed E-state index contributed by atoms with van der Waals surface area (Å²) in [4.78, 5) is 8.37. The molecule has 4 nitrogen and oxygen atoms in total. The predicted octanol–water partition coefficient (Wildman–Crippen LogP) is 4.93. The van der Waals surface area contributed by atoms with Crippen molar-refractivity contribution in [3.05, 3.63) is 76.8 Å². The highest BCUT2D eigenvalue weighted by molar-refractivity contribution is 6.31. The van der Waals surface area contributed by atoms with Crippen LogP contribution >= 0.6 is 11.6 Å². The Balaban J connectivity index is 1.69. The quantitative estimate of drug-likeness (QED) is 0.690. The molecule has 0 aliphatic carbocycles. The molecule has 0 aliphatic rings. The summed E-state index contributed by atoms with van der Waals surface area (Å²) >= 11 is 5.78. The summed E-state index contributed by atoms with van der Waals surface area (Å²) in [5.74, 6) is 0.842. The number of aryl methyl sites for hydroxylation is 1. The monoisotopic (exact) mass is 342 g/mol. The Morgan fingerprint density at radius 3 is 2.62 bits per heavy atom. The van der Waals surface area contributed by atoms with E-state index in [1.807, 2.05) is 12.1 Å². The summed E-state index contributed by atoms with van der Waals surface area (Å²) in [6, 6.07) is 14.4. The lowest BCUT2D eigenvalue weighted by atomic mass is 10.1. The summed E-state index contributed by atoms with van der Waals surface area (Å²) in [5.41, 5.74) is 3.08. The smallest absolute Gasteiger partial charge is 0.141 e. The second-order valence-corrected chi connectivity index (χ2v) is 5.73. The van der Waals surface area contributed by atoms with Crippen LogP contribution in [0.2, 0.25) is 5.02 Å². The molecular formula is C18H16ClFN4. The van der Waals surface area contributed by atoms with E-state index >= 15 is 0 Å². The van der Waals surface area contributed by atoms with Crippen LogP contribution in [0.3, 0.4) is 0 Å². The van der Waals surface area contributed by atoms with E-state index in [0.29, 0.717) is 23.9 Å². The van der Waals surface area contributed by atoms with Crippen LogP contribution in [0.4, 0.5) is 21.7 Å². The average Bonchev–Trinajstić information content (AvgIpc) is 2.58.